The van der Waals surface area contributed by atoms with E-state index in [0.717, 1.165) is 23.1 Å². The third kappa shape index (κ3) is 3.05. The first-order valence-electron chi connectivity index (χ1n) is 9.29. The van der Waals surface area contributed by atoms with Gasteiger partial charge in [0.15, 0.2) is 0 Å². The molecule has 1 N–H and O–H groups in total. The highest BCUT2D eigenvalue weighted by Gasteiger charge is 2.14. The minimum atomic E-state index is -0.241. The zero-order valence-corrected chi connectivity index (χ0v) is 16.5. The fraction of sp³-hybridized carbons (Fsp3) is 0.0909. The van der Waals surface area contributed by atoms with Crippen molar-refractivity contribution in [1.29, 1.82) is 0 Å². The number of carbonyl (C=O) groups excluding carboxylic acids is 1. The summed E-state index contributed by atoms with van der Waals surface area (Å²) in [6, 6.07) is 14.3. The summed E-state index contributed by atoms with van der Waals surface area (Å²) < 4.78 is 2.28. The van der Waals surface area contributed by atoms with Crippen molar-refractivity contribution in [2.45, 2.75) is 13.5 Å². The molecule has 0 radical (unpaired) electrons. The molecule has 5 aromatic rings. The van der Waals surface area contributed by atoms with Gasteiger partial charge in [-0.05, 0) is 31.2 Å². The minimum Gasteiger partial charge on any atom is -0.341 e. The maximum absolute atomic E-state index is 12.7. The summed E-state index contributed by atoms with van der Waals surface area (Å²) in [6.45, 7) is 3.03. The summed E-state index contributed by atoms with van der Waals surface area (Å²) in [5, 5.41) is 7.68. The molecule has 0 aliphatic rings. The molecule has 0 saturated carbocycles. The molecule has 0 fully saturated rings. The summed E-state index contributed by atoms with van der Waals surface area (Å²) >= 11 is 1.37. The Bertz CT molecular complexity index is 1340. The lowest BCUT2D eigenvalue weighted by molar-refractivity contribution is 0.102. The molecule has 6 nitrogen and oxygen atoms in total. The number of thiazole rings is 1. The van der Waals surface area contributed by atoms with Crippen LogP contribution in [0, 0.1) is 0 Å². The lowest BCUT2D eigenvalue weighted by atomic mass is 10.1. The number of nitrogens with one attached hydrogen (secondary N) is 1. The van der Waals surface area contributed by atoms with Gasteiger partial charge in [-0.2, -0.15) is 0 Å². The number of hydrogen-bond donors (Lipinski definition) is 1. The van der Waals surface area contributed by atoms with Gasteiger partial charge in [-0.15, -0.1) is 11.3 Å². The minimum absolute atomic E-state index is 0.241. The number of nitrogens with zero attached hydrogens (tertiary/aromatic N) is 4. The second kappa shape index (κ2) is 7.10. The Morgan fingerprint density at radius 2 is 1.97 bits per heavy atom. The molecule has 0 spiro atoms. The van der Waals surface area contributed by atoms with Gasteiger partial charge in [0.05, 0.1) is 6.20 Å². The molecule has 0 unspecified atom stereocenters. The number of hydrogen-bond acceptors (Lipinski definition) is 5. The fourth-order valence-electron chi connectivity index (χ4n) is 3.57. The molecule has 0 aliphatic carbocycles. The number of aromatic nitrogens is 4. The van der Waals surface area contributed by atoms with E-state index in [9.17, 15) is 4.79 Å². The monoisotopic (exact) mass is 399 g/mol. The molecule has 2 aromatic carbocycles. The van der Waals surface area contributed by atoms with Crippen LogP contribution >= 0.6 is 11.3 Å². The van der Waals surface area contributed by atoms with Crippen LogP contribution in [-0.2, 0) is 6.54 Å². The number of aryl methyl sites for hydroxylation is 1. The first-order valence-corrected chi connectivity index (χ1v) is 10.2. The number of carbonyl (C=O) groups is 1. The predicted molar refractivity (Wildman–Crippen MR) is 116 cm³/mol. The zero-order chi connectivity index (χ0) is 19.8. The maximum Gasteiger partial charge on any atom is 0.275 e. The van der Waals surface area contributed by atoms with Crippen molar-refractivity contribution in [2.75, 3.05) is 5.32 Å². The third-order valence-electron chi connectivity index (χ3n) is 4.87. The van der Waals surface area contributed by atoms with Crippen LogP contribution in [0.5, 0.6) is 0 Å². The van der Waals surface area contributed by atoms with Crippen LogP contribution in [0.25, 0.3) is 32.5 Å². The van der Waals surface area contributed by atoms with E-state index in [4.69, 9.17) is 0 Å². The predicted octanol–water partition coefficient (Wildman–Crippen LogP) is 4.98. The number of anilines is 1. The van der Waals surface area contributed by atoms with Gasteiger partial charge in [0.2, 0.25) is 0 Å². The standard InChI is InChI=1S/C22H17N5OS/c1-2-27-19-6-4-3-5-15(19)16-11-14(7-8-20(16)27)25-21(28)18-13-29-22(26-18)17-12-23-9-10-24-17/h3-13H,2H2,1H3,(H,25,28). The summed E-state index contributed by atoms with van der Waals surface area (Å²) in [6.07, 6.45) is 4.85. The zero-order valence-electron chi connectivity index (χ0n) is 15.7. The van der Waals surface area contributed by atoms with Crippen LogP contribution in [-0.4, -0.2) is 25.4 Å². The lowest BCUT2D eigenvalue weighted by Gasteiger charge is -2.05. The first-order chi connectivity index (χ1) is 14.2. The van der Waals surface area contributed by atoms with E-state index >= 15 is 0 Å². The molecule has 0 saturated heterocycles. The summed E-state index contributed by atoms with van der Waals surface area (Å²) in [5.74, 6) is -0.241. The van der Waals surface area contributed by atoms with Crippen LogP contribution < -0.4 is 5.32 Å². The molecule has 3 aromatic heterocycles. The van der Waals surface area contributed by atoms with Crippen LogP contribution in [0.1, 0.15) is 17.4 Å². The molecular formula is C22H17N5OS. The Morgan fingerprint density at radius 1 is 1.10 bits per heavy atom. The molecule has 5 rings (SSSR count). The Kier molecular flexibility index (Phi) is 4.29. The first kappa shape index (κ1) is 17.5. The molecule has 29 heavy (non-hydrogen) atoms. The molecule has 142 valence electrons. The van der Waals surface area contributed by atoms with E-state index in [1.54, 1.807) is 24.0 Å². The average Bonchev–Trinajstić information content (AvgIpc) is 3.37. The van der Waals surface area contributed by atoms with E-state index in [1.165, 1.54) is 22.2 Å². The molecule has 1 amide bonds. The number of fused-ring (bicyclic) bond motifs is 3. The van der Waals surface area contributed by atoms with Crippen molar-refractivity contribution in [3.05, 3.63) is 72.1 Å². The van der Waals surface area contributed by atoms with Gasteiger partial charge in [0, 0.05) is 51.8 Å². The van der Waals surface area contributed by atoms with Gasteiger partial charge in [-0.3, -0.25) is 14.8 Å². The van der Waals surface area contributed by atoms with Gasteiger partial charge in [0.25, 0.3) is 5.91 Å². The van der Waals surface area contributed by atoms with Crippen molar-refractivity contribution in [1.82, 2.24) is 19.5 Å². The summed E-state index contributed by atoms with van der Waals surface area (Å²) in [7, 11) is 0. The topological polar surface area (TPSA) is 72.7 Å². The number of amides is 1. The van der Waals surface area contributed by atoms with Crippen molar-refractivity contribution in [2.24, 2.45) is 0 Å². The Morgan fingerprint density at radius 3 is 2.79 bits per heavy atom. The van der Waals surface area contributed by atoms with Gasteiger partial charge >= 0.3 is 0 Å². The van der Waals surface area contributed by atoms with Crippen molar-refractivity contribution < 1.29 is 4.79 Å². The van der Waals surface area contributed by atoms with Gasteiger partial charge in [0.1, 0.15) is 16.4 Å². The SMILES string of the molecule is CCn1c2ccccc2c2cc(NC(=O)c3csc(-c4cnccn4)n3)ccc21. The van der Waals surface area contributed by atoms with E-state index in [-0.39, 0.29) is 5.91 Å². The van der Waals surface area contributed by atoms with Crippen LogP contribution in [0.15, 0.2) is 66.4 Å². The quantitative estimate of drug-likeness (QED) is 0.463. The number of rotatable bonds is 4. The van der Waals surface area contributed by atoms with Crippen LogP contribution in [0.4, 0.5) is 5.69 Å². The van der Waals surface area contributed by atoms with E-state index in [0.29, 0.717) is 16.4 Å². The number of benzene rings is 2. The fourth-order valence-corrected chi connectivity index (χ4v) is 4.33. The highest BCUT2D eigenvalue weighted by atomic mass is 32.1. The van der Waals surface area contributed by atoms with Crippen LogP contribution in [0.3, 0.4) is 0 Å². The largest absolute Gasteiger partial charge is 0.341 e. The lowest BCUT2D eigenvalue weighted by Crippen LogP contribution is -2.12. The smallest absolute Gasteiger partial charge is 0.275 e. The van der Waals surface area contributed by atoms with E-state index in [1.807, 2.05) is 24.3 Å². The normalized spacial score (nSPS) is 11.2. The second-order valence-electron chi connectivity index (χ2n) is 6.58. The van der Waals surface area contributed by atoms with Crippen LogP contribution in [0.2, 0.25) is 0 Å². The van der Waals surface area contributed by atoms with E-state index in [2.05, 4.69) is 50.0 Å². The Balaban J connectivity index is 1.47. The third-order valence-corrected chi connectivity index (χ3v) is 5.73. The van der Waals surface area contributed by atoms with Gasteiger partial charge < -0.3 is 9.88 Å². The molecule has 0 bridgehead atoms. The Labute approximate surface area is 170 Å². The highest BCUT2D eigenvalue weighted by Crippen LogP contribution is 2.31. The average molecular weight is 399 g/mol. The second-order valence-corrected chi connectivity index (χ2v) is 7.43. The number of para-hydroxylation sites is 1. The van der Waals surface area contributed by atoms with Crippen molar-refractivity contribution in [3.63, 3.8) is 0 Å². The Hall–Kier alpha value is -3.58. The van der Waals surface area contributed by atoms with Gasteiger partial charge in [-0.25, -0.2) is 4.98 Å². The molecule has 3 heterocycles. The van der Waals surface area contributed by atoms with Gasteiger partial charge in [-0.1, -0.05) is 18.2 Å². The molecule has 0 atom stereocenters. The van der Waals surface area contributed by atoms with Crippen molar-refractivity contribution >= 4 is 44.7 Å². The maximum atomic E-state index is 12.7. The highest BCUT2D eigenvalue weighted by molar-refractivity contribution is 7.13. The van der Waals surface area contributed by atoms with E-state index < -0.39 is 0 Å². The molecule has 0 aliphatic heterocycles. The van der Waals surface area contributed by atoms with Crippen molar-refractivity contribution in [3.8, 4) is 10.7 Å². The molecular weight excluding hydrogens is 382 g/mol. The molecule has 7 heteroatoms. The summed E-state index contributed by atoms with van der Waals surface area (Å²) in [5.41, 5.74) is 4.12. The summed E-state index contributed by atoms with van der Waals surface area (Å²) in [4.78, 5) is 25.4.